The van der Waals surface area contributed by atoms with Crippen molar-refractivity contribution >= 4 is 39.9 Å². The predicted octanol–water partition coefficient (Wildman–Crippen LogP) is 3.26. The lowest BCUT2D eigenvalue weighted by Crippen LogP contribution is -2.28. The molecular weight excluding hydrogens is 329 g/mol. The summed E-state index contributed by atoms with van der Waals surface area (Å²) in [5.41, 5.74) is 6.81. The Hall–Kier alpha value is 0.390. The van der Waals surface area contributed by atoms with Crippen LogP contribution < -0.4 is 5.73 Å². The molecule has 3 heteroatoms. The van der Waals surface area contributed by atoms with E-state index >= 15 is 0 Å². The number of rotatable bonds is 1. The molecule has 0 atom stereocenters. The van der Waals surface area contributed by atoms with E-state index in [0.29, 0.717) is 0 Å². The zero-order chi connectivity index (χ0) is 8.48. The molecule has 0 saturated heterocycles. The van der Waals surface area contributed by atoms with Gasteiger partial charge in [0.25, 0.3) is 0 Å². The summed E-state index contributed by atoms with van der Waals surface area (Å²) in [5.74, 6) is 0. The van der Waals surface area contributed by atoms with Gasteiger partial charge in [0.05, 0.1) is 0 Å². The van der Waals surface area contributed by atoms with Gasteiger partial charge in [-0.1, -0.05) is 28.1 Å². The monoisotopic (exact) mass is 341 g/mol. The summed E-state index contributed by atoms with van der Waals surface area (Å²) in [6, 6.07) is 8.07. The van der Waals surface area contributed by atoms with E-state index in [2.05, 4.69) is 15.9 Å². The number of benzene rings is 1. The van der Waals surface area contributed by atoms with E-state index in [0.717, 1.165) is 10.0 Å². The van der Waals surface area contributed by atoms with E-state index in [1.54, 1.807) is 0 Å². The van der Waals surface area contributed by atoms with Gasteiger partial charge in [0.1, 0.15) is 0 Å². The zero-order valence-corrected chi connectivity index (χ0v) is 11.1. The zero-order valence-electron chi connectivity index (χ0n) is 7.17. The van der Waals surface area contributed by atoms with Gasteiger partial charge in [-0.05, 0) is 31.5 Å². The minimum Gasteiger partial charge on any atom is -0.322 e. The summed E-state index contributed by atoms with van der Waals surface area (Å²) >= 11 is 3.37. The molecule has 0 saturated carbocycles. The summed E-state index contributed by atoms with van der Waals surface area (Å²) in [5, 5.41) is 0. The fourth-order valence-electron chi connectivity index (χ4n) is 0.879. The van der Waals surface area contributed by atoms with Crippen LogP contribution in [0.1, 0.15) is 19.4 Å². The second-order valence-corrected chi connectivity index (χ2v) is 4.14. The largest absolute Gasteiger partial charge is 0.322 e. The van der Waals surface area contributed by atoms with Crippen LogP contribution in [0.3, 0.4) is 0 Å². The standard InChI is InChI=1S/C9H12BrN.HI/c1-9(2,11)7-3-5-8(10)6-4-7;/h3-6H,11H2,1-2H3;1H. The van der Waals surface area contributed by atoms with Crippen LogP contribution in [0.25, 0.3) is 0 Å². The van der Waals surface area contributed by atoms with E-state index in [4.69, 9.17) is 5.73 Å². The average molecular weight is 342 g/mol. The Morgan fingerprint density at radius 2 is 1.58 bits per heavy atom. The topological polar surface area (TPSA) is 26.0 Å². The Bertz CT molecular complexity index is 238. The number of hydrogen-bond acceptors (Lipinski definition) is 1. The lowest BCUT2D eigenvalue weighted by atomic mass is 9.96. The molecule has 0 fully saturated rings. The highest BCUT2D eigenvalue weighted by Gasteiger charge is 2.12. The van der Waals surface area contributed by atoms with E-state index in [1.807, 2.05) is 38.1 Å². The first kappa shape index (κ1) is 12.4. The third-order valence-corrected chi connectivity index (χ3v) is 2.12. The maximum atomic E-state index is 5.89. The number of hydrogen-bond donors (Lipinski definition) is 1. The first-order chi connectivity index (χ1) is 5.00. The van der Waals surface area contributed by atoms with Crippen LogP contribution in [0.2, 0.25) is 0 Å². The number of nitrogens with two attached hydrogens (primary N) is 1. The van der Waals surface area contributed by atoms with Crippen LogP contribution in [0, 0.1) is 0 Å². The molecule has 1 aromatic rings. The van der Waals surface area contributed by atoms with Gasteiger partial charge < -0.3 is 5.73 Å². The fourth-order valence-corrected chi connectivity index (χ4v) is 1.14. The molecular formula is C9H13BrIN. The summed E-state index contributed by atoms with van der Waals surface area (Å²) in [7, 11) is 0. The lowest BCUT2D eigenvalue weighted by Gasteiger charge is -2.18. The Labute approximate surface area is 98.9 Å². The molecule has 0 aliphatic heterocycles. The van der Waals surface area contributed by atoms with Gasteiger partial charge in [-0.25, -0.2) is 0 Å². The summed E-state index contributed by atoms with van der Waals surface area (Å²) in [6.45, 7) is 3.99. The SMILES string of the molecule is CC(C)(N)c1ccc(Br)cc1.I. The van der Waals surface area contributed by atoms with Gasteiger partial charge in [-0.15, -0.1) is 24.0 Å². The van der Waals surface area contributed by atoms with Crippen LogP contribution in [0.5, 0.6) is 0 Å². The number of halogens is 2. The van der Waals surface area contributed by atoms with Crippen molar-refractivity contribution in [3.05, 3.63) is 34.3 Å². The normalized spacial score (nSPS) is 10.7. The molecule has 1 nitrogen and oxygen atoms in total. The van der Waals surface area contributed by atoms with Crippen molar-refractivity contribution in [2.75, 3.05) is 0 Å². The molecule has 0 amide bonds. The van der Waals surface area contributed by atoms with Crippen LogP contribution in [-0.2, 0) is 5.54 Å². The third-order valence-electron chi connectivity index (χ3n) is 1.59. The highest BCUT2D eigenvalue weighted by atomic mass is 127. The van der Waals surface area contributed by atoms with E-state index in [9.17, 15) is 0 Å². The summed E-state index contributed by atoms with van der Waals surface area (Å²) in [6.07, 6.45) is 0. The second-order valence-electron chi connectivity index (χ2n) is 3.23. The predicted molar refractivity (Wildman–Crippen MR) is 66.8 cm³/mol. The lowest BCUT2D eigenvalue weighted by molar-refractivity contribution is 0.554. The summed E-state index contributed by atoms with van der Waals surface area (Å²) in [4.78, 5) is 0. The quantitative estimate of drug-likeness (QED) is 0.779. The molecule has 0 spiro atoms. The molecule has 0 radical (unpaired) electrons. The van der Waals surface area contributed by atoms with Crippen molar-refractivity contribution in [2.24, 2.45) is 5.73 Å². The van der Waals surface area contributed by atoms with Gasteiger partial charge in [-0.3, -0.25) is 0 Å². The highest BCUT2D eigenvalue weighted by molar-refractivity contribution is 14.0. The second kappa shape index (κ2) is 4.58. The van der Waals surface area contributed by atoms with Crippen LogP contribution >= 0.6 is 39.9 Å². The van der Waals surface area contributed by atoms with Crippen molar-refractivity contribution in [1.82, 2.24) is 0 Å². The smallest absolute Gasteiger partial charge is 0.0352 e. The molecule has 0 heterocycles. The van der Waals surface area contributed by atoms with E-state index < -0.39 is 0 Å². The fraction of sp³-hybridized carbons (Fsp3) is 0.333. The van der Waals surface area contributed by atoms with Gasteiger partial charge in [0.15, 0.2) is 0 Å². The Morgan fingerprint density at radius 3 is 1.92 bits per heavy atom. The van der Waals surface area contributed by atoms with E-state index in [1.165, 1.54) is 0 Å². The molecule has 0 bridgehead atoms. The van der Waals surface area contributed by atoms with Gasteiger partial charge in [0, 0.05) is 10.0 Å². The van der Waals surface area contributed by atoms with Gasteiger partial charge in [-0.2, -0.15) is 0 Å². The van der Waals surface area contributed by atoms with Crippen molar-refractivity contribution in [1.29, 1.82) is 0 Å². The van der Waals surface area contributed by atoms with Crippen molar-refractivity contribution < 1.29 is 0 Å². The Kier molecular flexibility index (Phi) is 4.73. The summed E-state index contributed by atoms with van der Waals surface area (Å²) < 4.78 is 1.09. The van der Waals surface area contributed by atoms with E-state index in [-0.39, 0.29) is 29.5 Å². The van der Waals surface area contributed by atoms with Crippen LogP contribution in [0.15, 0.2) is 28.7 Å². The molecule has 0 aliphatic rings. The molecule has 2 N–H and O–H groups in total. The van der Waals surface area contributed by atoms with Gasteiger partial charge >= 0.3 is 0 Å². The van der Waals surface area contributed by atoms with Crippen LogP contribution in [-0.4, -0.2) is 0 Å². The molecule has 1 rings (SSSR count). The molecule has 12 heavy (non-hydrogen) atoms. The third kappa shape index (κ3) is 3.41. The average Bonchev–Trinajstić information content (AvgIpc) is 1.86. The van der Waals surface area contributed by atoms with Crippen molar-refractivity contribution in [3.63, 3.8) is 0 Å². The molecule has 68 valence electrons. The minimum atomic E-state index is -0.235. The first-order valence-corrected chi connectivity index (χ1v) is 4.34. The molecule has 0 unspecified atom stereocenters. The molecule has 0 aromatic heterocycles. The Balaban J connectivity index is 0.00000121. The Morgan fingerprint density at radius 1 is 1.17 bits per heavy atom. The highest BCUT2D eigenvalue weighted by Crippen LogP contribution is 2.18. The van der Waals surface area contributed by atoms with Crippen molar-refractivity contribution in [3.8, 4) is 0 Å². The maximum Gasteiger partial charge on any atom is 0.0352 e. The van der Waals surface area contributed by atoms with Crippen LogP contribution in [0.4, 0.5) is 0 Å². The molecule has 0 aliphatic carbocycles. The van der Waals surface area contributed by atoms with Gasteiger partial charge in [0.2, 0.25) is 0 Å². The maximum absolute atomic E-state index is 5.89. The first-order valence-electron chi connectivity index (χ1n) is 3.55. The van der Waals surface area contributed by atoms with Crippen molar-refractivity contribution in [2.45, 2.75) is 19.4 Å². The molecule has 1 aromatic carbocycles. The minimum absolute atomic E-state index is 0.